The van der Waals surface area contributed by atoms with Crippen molar-refractivity contribution in [3.63, 3.8) is 0 Å². The molecule has 2 fully saturated rings. The van der Waals surface area contributed by atoms with Gasteiger partial charge in [0, 0.05) is 44.8 Å². The highest BCUT2D eigenvalue weighted by atomic mass is 35.5. The largest absolute Gasteiger partial charge is 0.336 e. The second-order valence-electron chi connectivity index (χ2n) is 5.39. The van der Waals surface area contributed by atoms with Crippen LogP contribution >= 0.6 is 12.4 Å². The van der Waals surface area contributed by atoms with Gasteiger partial charge in [0.2, 0.25) is 10.0 Å². The van der Waals surface area contributed by atoms with Crippen molar-refractivity contribution in [2.75, 3.05) is 39.3 Å². The van der Waals surface area contributed by atoms with Crippen LogP contribution in [0.5, 0.6) is 0 Å². The molecule has 0 bridgehead atoms. The average molecular weight is 346 g/mol. The Morgan fingerprint density at radius 1 is 1.09 bits per heavy atom. The van der Waals surface area contributed by atoms with Gasteiger partial charge < -0.3 is 10.2 Å². The van der Waals surface area contributed by atoms with Gasteiger partial charge in [-0.25, -0.2) is 8.42 Å². The molecular weight excluding hydrogens is 326 g/mol. The number of benzene rings is 1. The number of hydrogen-bond acceptors (Lipinski definition) is 4. The summed E-state index contributed by atoms with van der Waals surface area (Å²) in [5.74, 6) is -0.0950. The Hall–Kier alpha value is -1.15. The van der Waals surface area contributed by atoms with Crippen molar-refractivity contribution < 1.29 is 13.2 Å². The van der Waals surface area contributed by atoms with Crippen LogP contribution < -0.4 is 5.32 Å². The van der Waals surface area contributed by atoms with Gasteiger partial charge in [-0.15, -0.1) is 12.4 Å². The molecule has 1 aromatic carbocycles. The first-order chi connectivity index (χ1) is 10.1. The second-order valence-corrected chi connectivity index (χ2v) is 7.61. The number of likely N-dealkylation sites (tertiary alicyclic amines) is 1. The molecule has 0 radical (unpaired) electrons. The van der Waals surface area contributed by atoms with Gasteiger partial charge in [-0.05, 0) is 12.1 Å². The first kappa shape index (κ1) is 17.2. The Morgan fingerprint density at radius 2 is 1.68 bits per heavy atom. The van der Waals surface area contributed by atoms with E-state index >= 15 is 0 Å². The first-order valence-corrected chi connectivity index (χ1v) is 8.63. The highest BCUT2D eigenvalue weighted by molar-refractivity contribution is 7.89. The minimum atomic E-state index is -3.27. The van der Waals surface area contributed by atoms with Crippen LogP contribution in [0.4, 0.5) is 0 Å². The summed E-state index contributed by atoms with van der Waals surface area (Å²) in [5.41, 5.74) is 0.607. The normalized spacial score (nSPS) is 20.1. The van der Waals surface area contributed by atoms with Crippen molar-refractivity contribution in [2.24, 2.45) is 0 Å². The number of rotatable bonds is 3. The topological polar surface area (TPSA) is 69.7 Å². The molecule has 0 atom stereocenters. The Labute approximate surface area is 136 Å². The van der Waals surface area contributed by atoms with Crippen LogP contribution in [0, 0.1) is 0 Å². The average Bonchev–Trinajstić information content (AvgIpc) is 2.47. The van der Waals surface area contributed by atoms with Gasteiger partial charge in [-0.1, -0.05) is 18.2 Å². The Bertz CT molecular complexity index is 611. The molecule has 1 aromatic rings. The lowest BCUT2D eigenvalue weighted by Gasteiger charge is -2.41. The van der Waals surface area contributed by atoms with E-state index in [2.05, 4.69) is 5.32 Å². The third-order valence-electron chi connectivity index (χ3n) is 4.01. The molecule has 6 nitrogen and oxygen atoms in total. The van der Waals surface area contributed by atoms with Gasteiger partial charge in [-0.2, -0.15) is 4.31 Å². The molecule has 2 saturated heterocycles. The van der Waals surface area contributed by atoms with Crippen molar-refractivity contribution in [1.82, 2.24) is 14.5 Å². The van der Waals surface area contributed by atoms with Crippen LogP contribution in [0.3, 0.4) is 0 Å². The Kier molecular flexibility index (Phi) is 5.44. The number of carbonyl (C=O) groups is 1. The zero-order valence-electron chi connectivity index (χ0n) is 12.1. The maximum atomic E-state index is 12.4. The van der Waals surface area contributed by atoms with Crippen molar-refractivity contribution >= 4 is 28.3 Å². The predicted octanol–water partition coefficient (Wildman–Crippen LogP) is 0.168. The van der Waals surface area contributed by atoms with Crippen LogP contribution in [-0.2, 0) is 10.0 Å². The second kappa shape index (κ2) is 6.95. The number of piperazine rings is 1. The van der Waals surface area contributed by atoms with Crippen molar-refractivity contribution in [1.29, 1.82) is 0 Å². The quantitative estimate of drug-likeness (QED) is 0.847. The van der Waals surface area contributed by atoms with Crippen molar-refractivity contribution in [3.05, 3.63) is 35.9 Å². The highest BCUT2D eigenvalue weighted by Gasteiger charge is 2.43. The van der Waals surface area contributed by atoms with E-state index in [4.69, 9.17) is 0 Å². The molecule has 0 spiro atoms. The smallest absolute Gasteiger partial charge is 0.253 e. The molecule has 2 aliphatic rings. The summed E-state index contributed by atoms with van der Waals surface area (Å²) in [4.78, 5) is 13.8. The van der Waals surface area contributed by atoms with E-state index in [0.29, 0.717) is 44.8 Å². The predicted molar refractivity (Wildman–Crippen MR) is 86.7 cm³/mol. The maximum absolute atomic E-state index is 12.4. The lowest BCUT2D eigenvalue weighted by atomic mass is 10.1. The number of nitrogens with one attached hydrogen (secondary N) is 1. The summed E-state index contributed by atoms with van der Waals surface area (Å²) in [6.45, 7) is 3.01. The first-order valence-electron chi connectivity index (χ1n) is 7.13. The third kappa shape index (κ3) is 3.27. The molecule has 1 N–H and O–H groups in total. The van der Waals surface area contributed by atoms with Crippen LogP contribution in [0.25, 0.3) is 0 Å². The van der Waals surface area contributed by atoms with Gasteiger partial charge in [0.1, 0.15) is 5.25 Å². The lowest BCUT2D eigenvalue weighted by Crippen LogP contribution is -2.61. The van der Waals surface area contributed by atoms with Gasteiger partial charge in [0.15, 0.2) is 0 Å². The monoisotopic (exact) mass is 345 g/mol. The summed E-state index contributed by atoms with van der Waals surface area (Å²) < 4.78 is 26.4. The molecule has 0 aromatic heterocycles. The summed E-state index contributed by atoms with van der Waals surface area (Å²) in [6, 6.07) is 8.97. The molecule has 1 amide bonds. The van der Waals surface area contributed by atoms with E-state index in [1.165, 1.54) is 0 Å². The standard InChI is InChI=1S/C14H19N3O3S.ClH/c18-14(12-4-2-1-3-5-12)16-10-13(11-16)21(19,20)17-8-6-15-7-9-17;/h1-5,13,15H,6-11H2;1H. The van der Waals surface area contributed by atoms with Crippen LogP contribution in [0.15, 0.2) is 30.3 Å². The Morgan fingerprint density at radius 3 is 2.27 bits per heavy atom. The summed E-state index contributed by atoms with van der Waals surface area (Å²) in [5, 5.41) is 2.68. The molecular formula is C14H20ClN3O3S. The number of hydrogen-bond donors (Lipinski definition) is 1. The molecule has 122 valence electrons. The molecule has 3 rings (SSSR count). The number of sulfonamides is 1. The fourth-order valence-electron chi connectivity index (χ4n) is 2.67. The summed E-state index contributed by atoms with van der Waals surface area (Å²) in [6.07, 6.45) is 0. The van der Waals surface area contributed by atoms with Crippen LogP contribution in [0.2, 0.25) is 0 Å². The molecule has 22 heavy (non-hydrogen) atoms. The number of halogens is 1. The highest BCUT2D eigenvalue weighted by Crippen LogP contribution is 2.22. The van der Waals surface area contributed by atoms with E-state index < -0.39 is 15.3 Å². The van der Waals surface area contributed by atoms with Gasteiger partial charge in [0.05, 0.1) is 0 Å². The zero-order valence-corrected chi connectivity index (χ0v) is 13.8. The lowest BCUT2D eigenvalue weighted by molar-refractivity contribution is 0.0655. The molecule has 2 aliphatic heterocycles. The van der Waals surface area contributed by atoms with Crippen LogP contribution in [0.1, 0.15) is 10.4 Å². The molecule has 2 heterocycles. The molecule has 0 aliphatic carbocycles. The van der Waals surface area contributed by atoms with E-state index in [0.717, 1.165) is 0 Å². The van der Waals surface area contributed by atoms with Gasteiger partial charge in [0.25, 0.3) is 5.91 Å². The van der Waals surface area contributed by atoms with E-state index in [1.807, 2.05) is 18.2 Å². The fraction of sp³-hybridized carbons (Fsp3) is 0.500. The minimum Gasteiger partial charge on any atom is -0.336 e. The number of carbonyl (C=O) groups excluding carboxylic acids is 1. The third-order valence-corrected chi connectivity index (χ3v) is 6.24. The van der Waals surface area contributed by atoms with E-state index in [1.54, 1.807) is 21.3 Å². The van der Waals surface area contributed by atoms with Crippen molar-refractivity contribution in [3.8, 4) is 0 Å². The summed E-state index contributed by atoms with van der Waals surface area (Å²) in [7, 11) is -3.27. The van der Waals surface area contributed by atoms with Gasteiger partial charge >= 0.3 is 0 Å². The number of nitrogens with zero attached hydrogens (tertiary/aromatic N) is 2. The minimum absolute atomic E-state index is 0. The molecule has 8 heteroatoms. The van der Waals surface area contributed by atoms with Gasteiger partial charge in [-0.3, -0.25) is 4.79 Å². The molecule has 0 unspecified atom stereocenters. The Balaban J connectivity index is 0.00000176. The fourth-order valence-corrected chi connectivity index (χ4v) is 4.52. The van der Waals surface area contributed by atoms with Crippen LogP contribution in [-0.4, -0.2) is 68.0 Å². The SMILES string of the molecule is Cl.O=C(c1ccccc1)N1CC(S(=O)(=O)N2CCNCC2)C1. The zero-order chi connectivity index (χ0) is 14.9. The maximum Gasteiger partial charge on any atom is 0.253 e. The van der Waals surface area contributed by atoms with Crippen molar-refractivity contribution in [2.45, 2.75) is 5.25 Å². The van der Waals surface area contributed by atoms with E-state index in [-0.39, 0.29) is 18.3 Å². The summed E-state index contributed by atoms with van der Waals surface area (Å²) >= 11 is 0. The molecule has 0 saturated carbocycles. The van der Waals surface area contributed by atoms with E-state index in [9.17, 15) is 13.2 Å². The number of amides is 1.